The standard InChI is InChI=1S/C16H20N4O3S/c1-12(18-16(21)19-14-7-5-9-17-11-14)13-6-4-8-15(10-13)24(22,23)20(2)3/h4-12H,1-3H3,(H2,18,19,21). The second kappa shape index (κ2) is 7.41. The van der Waals surface area contributed by atoms with Crippen molar-refractivity contribution in [3.05, 3.63) is 54.4 Å². The van der Waals surface area contributed by atoms with Gasteiger partial charge in [0.1, 0.15) is 0 Å². The number of carbonyl (C=O) groups is 1. The second-order valence-corrected chi connectivity index (χ2v) is 7.57. The Bertz CT molecular complexity index is 807. The van der Waals surface area contributed by atoms with Crippen molar-refractivity contribution in [1.29, 1.82) is 0 Å². The van der Waals surface area contributed by atoms with Gasteiger partial charge in [0.2, 0.25) is 10.0 Å². The molecule has 0 aliphatic rings. The fourth-order valence-electron chi connectivity index (χ4n) is 2.04. The first-order chi connectivity index (χ1) is 11.3. The first-order valence-electron chi connectivity index (χ1n) is 7.31. The number of urea groups is 1. The van der Waals surface area contributed by atoms with Gasteiger partial charge in [0.05, 0.1) is 22.8 Å². The fraction of sp³-hybridized carbons (Fsp3) is 0.250. The highest BCUT2D eigenvalue weighted by molar-refractivity contribution is 7.89. The number of anilines is 1. The molecule has 2 aromatic rings. The van der Waals surface area contributed by atoms with E-state index in [0.29, 0.717) is 11.3 Å². The molecule has 8 heteroatoms. The summed E-state index contributed by atoms with van der Waals surface area (Å²) in [7, 11) is -0.559. The van der Waals surface area contributed by atoms with Crippen LogP contribution in [0.1, 0.15) is 18.5 Å². The number of aromatic nitrogens is 1. The van der Waals surface area contributed by atoms with E-state index < -0.39 is 16.1 Å². The summed E-state index contributed by atoms with van der Waals surface area (Å²) in [6, 6.07) is 9.20. The fourth-order valence-corrected chi connectivity index (χ4v) is 3.00. The van der Waals surface area contributed by atoms with Crippen LogP contribution in [-0.4, -0.2) is 37.8 Å². The SMILES string of the molecule is CC(NC(=O)Nc1cccnc1)c1cccc(S(=O)(=O)N(C)C)c1. The molecule has 2 N–H and O–H groups in total. The monoisotopic (exact) mass is 348 g/mol. The molecule has 1 aromatic heterocycles. The number of pyridine rings is 1. The van der Waals surface area contributed by atoms with Gasteiger partial charge in [-0.15, -0.1) is 0 Å². The van der Waals surface area contributed by atoms with E-state index in [1.54, 1.807) is 43.5 Å². The van der Waals surface area contributed by atoms with Gasteiger partial charge in [0, 0.05) is 20.3 Å². The van der Waals surface area contributed by atoms with Crippen LogP contribution < -0.4 is 10.6 Å². The highest BCUT2D eigenvalue weighted by Crippen LogP contribution is 2.19. The Morgan fingerprint density at radius 3 is 2.58 bits per heavy atom. The Hall–Kier alpha value is -2.45. The number of hydrogen-bond acceptors (Lipinski definition) is 4. The Morgan fingerprint density at radius 2 is 1.96 bits per heavy atom. The van der Waals surface area contributed by atoms with Crippen LogP contribution in [0.4, 0.5) is 10.5 Å². The first-order valence-corrected chi connectivity index (χ1v) is 8.75. The second-order valence-electron chi connectivity index (χ2n) is 5.42. The summed E-state index contributed by atoms with van der Waals surface area (Å²) in [6.07, 6.45) is 3.15. The molecule has 0 spiro atoms. The Balaban J connectivity index is 2.10. The molecule has 0 aliphatic heterocycles. The maximum Gasteiger partial charge on any atom is 0.319 e. The zero-order valence-corrected chi connectivity index (χ0v) is 14.5. The quantitative estimate of drug-likeness (QED) is 0.867. The van der Waals surface area contributed by atoms with Crippen molar-refractivity contribution in [3.63, 3.8) is 0 Å². The molecule has 0 aliphatic carbocycles. The first kappa shape index (κ1) is 17.9. The molecule has 7 nitrogen and oxygen atoms in total. The molecule has 2 rings (SSSR count). The van der Waals surface area contributed by atoms with E-state index >= 15 is 0 Å². The normalized spacial score (nSPS) is 12.7. The van der Waals surface area contributed by atoms with Crippen LogP contribution in [0.25, 0.3) is 0 Å². The highest BCUT2D eigenvalue weighted by Gasteiger charge is 2.19. The zero-order chi connectivity index (χ0) is 17.7. The number of rotatable bonds is 5. The minimum Gasteiger partial charge on any atom is -0.331 e. The lowest BCUT2D eigenvalue weighted by molar-refractivity contribution is 0.249. The van der Waals surface area contributed by atoms with Gasteiger partial charge in [0.25, 0.3) is 0 Å². The van der Waals surface area contributed by atoms with Crippen molar-refractivity contribution >= 4 is 21.7 Å². The van der Waals surface area contributed by atoms with E-state index in [0.717, 1.165) is 4.31 Å². The van der Waals surface area contributed by atoms with Crippen molar-refractivity contribution in [2.75, 3.05) is 19.4 Å². The molecule has 1 atom stereocenters. The highest BCUT2D eigenvalue weighted by atomic mass is 32.2. The predicted octanol–water partition coefficient (Wildman–Crippen LogP) is 2.21. The zero-order valence-electron chi connectivity index (χ0n) is 13.7. The van der Waals surface area contributed by atoms with Crippen LogP contribution in [-0.2, 0) is 10.0 Å². The summed E-state index contributed by atoms with van der Waals surface area (Å²) in [5.74, 6) is 0. The van der Waals surface area contributed by atoms with Crippen molar-refractivity contribution in [2.24, 2.45) is 0 Å². The van der Waals surface area contributed by atoms with Gasteiger partial charge in [-0.05, 0) is 36.8 Å². The summed E-state index contributed by atoms with van der Waals surface area (Å²) in [5.41, 5.74) is 1.27. The molecular weight excluding hydrogens is 328 g/mol. The van der Waals surface area contributed by atoms with Crippen LogP contribution in [0.15, 0.2) is 53.7 Å². The smallest absolute Gasteiger partial charge is 0.319 e. The average molecular weight is 348 g/mol. The Labute approximate surface area is 141 Å². The van der Waals surface area contributed by atoms with E-state index in [-0.39, 0.29) is 10.9 Å². The molecule has 0 saturated carbocycles. The average Bonchev–Trinajstić information content (AvgIpc) is 2.55. The van der Waals surface area contributed by atoms with Gasteiger partial charge < -0.3 is 10.6 Å². The van der Waals surface area contributed by atoms with Crippen LogP contribution in [0.5, 0.6) is 0 Å². The summed E-state index contributed by atoms with van der Waals surface area (Å²) in [6.45, 7) is 1.78. The third kappa shape index (κ3) is 4.30. The van der Waals surface area contributed by atoms with Gasteiger partial charge in [-0.25, -0.2) is 17.5 Å². The third-order valence-electron chi connectivity index (χ3n) is 3.40. The Kier molecular flexibility index (Phi) is 5.53. The molecule has 2 amide bonds. The molecule has 0 saturated heterocycles. The molecular formula is C16H20N4O3S. The molecule has 128 valence electrons. The summed E-state index contributed by atoms with van der Waals surface area (Å²) < 4.78 is 25.5. The Morgan fingerprint density at radius 1 is 1.21 bits per heavy atom. The van der Waals surface area contributed by atoms with Gasteiger partial charge in [-0.2, -0.15) is 0 Å². The third-order valence-corrected chi connectivity index (χ3v) is 5.21. The molecule has 0 fully saturated rings. The molecule has 0 radical (unpaired) electrons. The van der Waals surface area contributed by atoms with E-state index in [9.17, 15) is 13.2 Å². The number of nitrogens with zero attached hydrogens (tertiary/aromatic N) is 2. The van der Waals surface area contributed by atoms with Crippen LogP contribution in [0.3, 0.4) is 0 Å². The number of carbonyl (C=O) groups excluding carboxylic acids is 1. The van der Waals surface area contributed by atoms with E-state index in [4.69, 9.17) is 0 Å². The summed E-state index contributed by atoms with van der Waals surface area (Å²) in [4.78, 5) is 16.1. The minimum absolute atomic E-state index is 0.186. The summed E-state index contributed by atoms with van der Waals surface area (Å²) in [5, 5.41) is 5.43. The van der Waals surface area contributed by atoms with Gasteiger partial charge in [-0.1, -0.05) is 12.1 Å². The lowest BCUT2D eigenvalue weighted by Gasteiger charge is -2.17. The number of nitrogens with one attached hydrogen (secondary N) is 2. The number of hydrogen-bond donors (Lipinski definition) is 2. The van der Waals surface area contributed by atoms with Crippen LogP contribution in [0.2, 0.25) is 0 Å². The molecule has 24 heavy (non-hydrogen) atoms. The summed E-state index contributed by atoms with van der Waals surface area (Å²) >= 11 is 0. The maximum absolute atomic E-state index is 12.2. The van der Waals surface area contributed by atoms with Crippen molar-refractivity contribution in [1.82, 2.24) is 14.6 Å². The molecule has 1 unspecified atom stereocenters. The lowest BCUT2D eigenvalue weighted by atomic mass is 10.1. The predicted molar refractivity (Wildman–Crippen MR) is 92.1 cm³/mol. The largest absolute Gasteiger partial charge is 0.331 e. The van der Waals surface area contributed by atoms with Crippen LogP contribution >= 0.6 is 0 Å². The molecule has 1 aromatic carbocycles. The van der Waals surface area contributed by atoms with Gasteiger partial charge >= 0.3 is 6.03 Å². The van der Waals surface area contributed by atoms with E-state index in [1.807, 2.05) is 0 Å². The van der Waals surface area contributed by atoms with E-state index in [1.165, 1.54) is 26.4 Å². The van der Waals surface area contributed by atoms with E-state index in [2.05, 4.69) is 15.6 Å². The van der Waals surface area contributed by atoms with Crippen molar-refractivity contribution in [3.8, 4) is 0 Å². The lowest BCUT2D eigenvalue weighted by Crippen LogP contribution is -2.31. The topological polar surface area (TPSA) is 91.4 Å². The number of amides is 2. The van der Waals surface area contributed by atoms with Gasteiger partial charge in [-0.3, -0.25) is 4.98 Å². The number of benzene rings is 1. The maximum atomic E-state index is 12.2. The molecule has 0 bridgehead atoms. The van der Waals surface area contributed by atoms with Crippen molar-refractivity contribution in [2.45, 2.75) is 17.9 Å². The molecule has 1 heterocycles. The minimum atomic E-state index is -3.51. The van der Waals surface area contributed by atoms with Gasteiger partial charge in [0.15, 0.2) is 0 Å². The van der Waals surface area contributed by atoms with Crippen LogP contribution in [0, 0.1) is 0 Å². The van der Waals surface area contributed by atoms with Crippen molar-refractivity contribution < 1.29 is 13.2 Å². The number of sulfonamides is 1.